The quantitative estimate of drug-likeness (QED) is 0.255. The molecule has 1 fully saturated rings. The third kappa shape index (κ3) is 7.09. The minimum atomic E-state index is -3.89. The number of nitrogens with one attached hydrogen (secondary N) is 2. The van der Waals surface area contributed by atoms with Crippen molar-refractivity contribution in [3.8, 4) is 5.75 Å². The van der Waals surface area contributed by atoms with Gasteiger partial charge in [0.1, 0.15) is 22.9 Å². The Bertz CT molecular complexity index is 1330. The molecule has 1 aromatic heterocycles. The Hall–Kier alpha value is -2.26. The van der Waals surface area contributed by atoms with Gasteiger partial charge in [-0.2, -0.15) is 0 Å². The summed E-state index contributed by atoms with van der Waals surface area (Å²) in [7, 11) is 0. The van der Waals surface area contributed by atoms with Gasteiger partial charge in [-0.15, -0.1) is 0 Å². The maximum Gasteiger partial charge on any atom is 0.330 e. The van der Waals surface area contributed by atoms with Crippen molar-refractivity contribution in [2.45, 2.75) is 63.4 Å². The Kier molecular flexibility index (Phi) is 10.0. The van der Waals surface area contributed by atoms with Crippen molar-refractivity contribution in [3.63, 3.8) is 0 Å². The fraction of sp³-hybridized carbons (Fsp3) is 0.500. The maximum absolute atomic E-state index is 15.2. The summed E-state index contributed by atoms with van der Waals surface area (Å²) in [5.41, 5.74) is -5.25. The molecule has 0 saturated carbocycles. The summed E-state index contributed by atoms with van der Waals surface area (Å²) in [5.74, 6) is -0.578. The summed E-state index contributed by atoms with van der Waals surface area (Å²) >= 11 is 11.2. The summed E-state index contributed by atoms with van der Waals surface area (Å²) in [6.45, 7) is -0.498. The largest absolute Gasteiger partial charge is 0.462 e. The molecule has 216 valence electrons. The zero-order chi connectivity index (χ0) is 29.1. The third-order valence-electron chi connectivity index (χ3n) is 5.47. The number of aliphatic hydroxyl groups is 1. The molecule has 17 heteroatoms. The molecule has 1 aromatic carbocycles. The van der Waals surface area contributed by atoms with Gasteiger partial charge < -0.3 is 23.6 Å². The van der Waals surface area contributed by atoms with Gasteiger partial charge in [-0.1, -0.05) is 29.8 Å². The second-order valence-electron chi connectivity index (χ2n) is 8.81. The van der Waals surface area contributed by atoms with E-state index in [1.165, 1.54) is 19.1 Å². The van der Waals surface area contributed by atoms with Crippen LogP contribution in [0, 0.1) is 0 Å². The van der Waals surface area contributed by atoms with Gasteiger partial charge in [0.25, 0.3) is 12.0 Å². The smallest absolute Gasteiger partial charge is 0.330 e. The first-order valence-corrected chi connectivity index (χ1v) is 14.5. The van der Waals surface area contributed by atoms with Crippen molar-refractivity contribution in [3.05, 3.63) is 62.4 Å². The number of hydrogen-bond donors (Lipinski definition) is 3. The number of esters is 1. The molecule has 1 aliphatic heterocycles. The second-order valence-corrected chi connectivity index (χ2v) is 12.4. The molecule has 1 unspecified atom stereocenters. The Labute approximate surface area is 230 Å². The van der Waals surface area contributed by atoms with E-state index >= 15 is 4.39 Å². The summed E-state index contributed by atoms with van der Waals surface area (Å²) < 4.78 is 66.1. The molecule has 0 bridgehead atoms. The number of hydrogen-bond acceptors (Lipinski definition) is 9. The fourth-order valence-corrected chi connectivity index (χ4v) is 6.10. The first-order chi connectivity index (χ1) is 18.2. The summed E-state index contributed by atoms with van der Waals surface area (Å²) in [6, 6.07) is 6.74. The van der Waals surface area contributed by atoms with Gasteiger partial charge in [-0.3, -0.25) is 19.1 Å². The number of carbonyl (C=O) groups excluding carboxylic acids is 1. The Balaban J connectivity index is 1.92. The number of alkyl halides is 3. The SMILES string of the molecule is CC(C)OC(=O)[C@H](C)NP(=S)(OC[C@@]1(C(F)F)O[C@@H](n2cc(Cl)c(=O)[nH]c2=O)[C@H](F)[C@@H]1O)Oc1ccccc1. The lowest BCUT2D eigenvalue weighted by molar-refractivity contribution is -0.192. The van der Waals surface area contributed by atoms with E-state index in [1.54, 1.807) is 37.0 Å². The van der Waals surface area contributed by atoms with E-state index in [-0.39, 0.29) is 5.75 Å². The van der Waals surface area contributed by atoms with Crippen molar-refractivity contribution in [2.24, 2.45) is 0 Å². The molecule has 2 aromatic rings. The topological polar surface area (TPSA) is 141 Å². The molecule has 3 N–H and O–H groups in total. The van der Waals surface area contributed by atoms with Crippen molar-refractivity contribution in [2.75, 3.05) is 6.61 Å². The van der Waals surface area contributed by atoms with Gasteiger partial charge in [0.05, 0.1) is 12.7 Å². The van der Waals surface area contributed by atoms with Gasteiger partial charge in [-0.25, -0.2) is 23.1 Å². The standard InChI is InChI=1S/C22H26ClF3N3O8PS/c1-11(2)35-19(32)12(3)28-38(39,37-13-7-5-4-6-8-13)34-10-22(20(25)26)16(30)15(24)18(36-22)29-9-14(23)17(31)27-21(29)33/h4-9,11-12,15-16,18,20,30H,10H2,1-3H3,(H,28,39)(H,27,31,33)/t12-,15+,16-,18+,22+,38?/m0/s1. The van der Waals surface area contributed by atoms with E-state index < -0.39 is 78.2 Å². The number of rotatable bonds is 11. The number of aromatic nitrogens is 2. The number of nitrogens with zero attached hydrogens (tertiary/aromatic N) is 1. The first kappa shape index (κ1) is 31.3. The van der Waals surface area contributed by atoms with Crippen LogP contribution in [-0.4, -0.2) is 63.7 Å². The highest BCUT2D eigenvalue weighted by molar-refractivity contribution is 8.09. The van der Waals surface area contributed by atoms with Gasteiger partial charge in [0.15, 0.2) is 18.0 Å². The molecular formula is C22H26ClF3N3O8PS. The average Bonchev–Trinajstić information content (AvgIpc) is 3.11. The lowest BCUT2D eigenvalue weighted by Crippen LogP contribution is -2.52. The van der Waals surface area contributed by atoms with Crippen LogP contribution in [-0.2, 0) is 30.6 Å². The van der Waals surface area contributed by atoms with Gasteiger partial charge in [0.2, 0.25) is 0 Å². The van der Waals surface area contributed by atoms with E-state index in [0.29, 0.717) is 10.8 Å². The van der Waals surface area contributed by atoms with Crippen LogP contribution in [0.2, 0.25) is 5.02 Å². The van der Waals surface area contributed by atoms with Crippen LogP contribution in [0.5, 0.6) is 5.75 Å². The number of aromatic amines is 1. The lowest BCUT2D eigenvalue weighted by Gasteiger charge is -2.34. The highest BCUT2D eigenvalue weighted by atomic mass is 35.5. The van der Waals surface area contributed by atoms with Crippen LogP contribution >= 0.6 is 18.2 Å². The van der Waals surface area contributed by atoms with Gasteiger partial charge in [-0.05, 0) is 44.7 Å². The zero-order valence-corrected chi connectivity index (χ0v) is 23.2. The molecule has 0 aliphatic carbocycles. The number of carbonyl (C=O) groups is 1. The minimum absolute atomic E-state index is 0.160. The molecule has 1 saturated heterocycles. The van der Waals surface area contributed by atoms with Crippen LogP contribution in [0.1, 0.15) is 27.0 Å². The molecule has 3 rings (SSSR count). The van der Waals surface area contributed by atoms with Crippen LogP contribution in [0.4, 0.5) is 13.2 Å². The third-order valence-corrected chi connectivity index (χ3v) is 8.22. The molecule has 0 amide bonds. The van der Waals surface area contributed by atoms with E-state index in [9.17, 15) is 28.3 Å². The molecule has 0 spiro atoms. The molecule has 6 atom stereocenters. The maximum atomic E-state index is 15.2. The molecular weight excluding hydrogens is 590 g/mol. The average molecular weight is 616 g/mol. The monoisotopic (exact) mass is 615 g/mol. The van der Waals surface area contributed by atoms with Crippen LogP contribution in [0.15, 0.2) is 46.1 Å². The van der Waals surface area contributed by atoms with Gasteiger partial charge >= 0.3 is 18.3 Å². The molecule has 39 heavy (non-hydrogen) atoms. The number of para-hydroxylation sites is 1. The fourth-order valence-electron chi connectivity index (χ4n) is 3.53. The zero-order valence-electron chi connectivity index (χ0n) is 20.8. The van der Waals surface area contributed by atoms with Crippen LogP contribution in [0.3, 0.4) is 0 Å². The number of aliphatic hydroxyl groups excluding tert-OH is 1. The minimum Gasteiger partial charge on any atom is -0.462 e. The summed E-state index contributed by atoms with van der Waals surface area (Å²) in [4.78, 5) is 37.9. The highest BCUT2D eigenvalue weighted by Gasteiger charge is 2.62. The van der Waals surface area contributed by atoms with Crippen molar-refractivity contribution in [1.82, 2.24) is 14.6 Å². The molecule has 11 nitrogen and oxygen atoms in total. The number of halogens is 4. The number of H-pyrrole nitrogens is 1. The van der Waals surface area contributed by atoms with Crippen LogP contribution in [0.25, 0.3) is 0 Å². The summed E-state index contributed by atoms with van der Waals surface area (Å²) in [5, 5.41) is 12.6. The Morgan fingerprint density at radius 2 is 1.95 bits per heavy atom. The molecule has 0 radical (unpaired) electrons. The van der Waals surface area contributed by atoms with Crippen molar-refractivity contribution >= 4 is 36.0 Å². The number of benzene rings is 1. The van der Waals surface area contributed by atoms with E-state index in [1.807, 2.05) is 0 Å². The molecule has 1 aliphatic rings. The van der Waals surface area contributed by atoms with Crippen LogP contribution < -0.4 is 20.9 Å². The predicted molar refractivity (Wildman–Crippen MR) is 137 cm³/mol. The normalized spacial score (nSPS) is 25.4. The van der Waals surface area contributed by atoms with E-state index in [2.05, 4.69) is 5.09 Å². The van der Waals surface area contributed by atoms with Gasteiger partial charge in [0, 0.05) is 6.20 Å². The second kappa shape index (κ2) is 12.5. The van der Waals surface area contributed by atoms with E-state index in [0.717, 1.165) is 0 Å². The highest BCUT2D eigenvalue weighted by Crippen LogP contribution is 2.49. The van der Waals surface area contributed by atoms with E-state index in [4.69, 9.17) is 41.9 Å². The number of ether oxygens (including phenoxy) is 2. The molecule has 2 heterocycles. The summed E-state index contributed by atoms with van der Waals surface area (Å²) in [6.07, 6.45) is -10.6. The predicted octanol–water partition coefficient (Wildman–Crippen LogP) is 2.67. The Morgan fingerprint density at radius 1 is 1.31 bits per heavy atom. The Morgan fingerprint density at radius 3 is 2.54 bits per heavy atom. The van der Waals surface area contributed by atoms with Crippen molar-refractivity contribution in [1.29, 1.82) is 0 Å². The van der Waals surface area contributed by atoms with Crippen molar-refractivity contribution < 1.29 is 41.6 Å². The lowest BCUT2D eigenvalue weighted by atomic mass is 9.97. The first-order valence-electron chi connectivity index (χ1n) is 11.5.